The van der Waals surface area contributed by atoms with Crippen molar-refractivity contribution < 1.29 is 13.5 Å². The topological polar surface area (TPSA) is 45.7 Å². The van der Waals surface area contributed by atoms with Gasteiger partial charge in [0.25, 0.3) is 0 Å². The molecule has 0 bridgehead atoms. The molecule has 1 aliphatic heterocycles. The number of ether oxygens (including phenoxy) is 1. The van der Waals surface area contributed by atoms with E-state index in [9.17, 15) is 8.78 Å². The quantitative estimate of drug-likeness (QED) is 0.394. The van der Waals surface area contributed by atoms with Crippen molar-refractivity contribution in [3.05, 3.63) is 35.4 Å². The molecule has 1 aromatic carbocycles. The fourth-order valence-electron chi connectivity index (χ4n) is 4.22. The third-order valence-electron chi connectivity index (χ3n) is 5.69. The molecule has 0 radical (unpaired) electrons. The maximum absolute atomic E-state index is 13.9. The van der Waals surface area contributed by atoms with Crippen LogP contribution in [0.4, 0.5) is 8.78 Å². The molecule has 4 nitrogen and oxygen atoms in total. The summed E-state index contributed by atoms with van der Waals surface area (Å²) in [6, 6.07) is 4.03. The maximum atomic E-state index is 13.9. The molecular formula is C19H28F2IN3O. The van der Waals surface area contributed by atoms with Gasteiger partial charge in [-0.15, -0.1) is 24.0 Å². The van der Waals surface area contributed by atoms with Gasteiger partial charge in [0.1, 0.15) is 11.6 Å². The van der Waals surface area contributed by atoms with Gasteiger partial charge in [-0.3, -0.25) is 4.99 Å². The molecule has 1 aromatic rings. The minimum absolute atomic E-state index is 0. The molecule has 2 fully saturated rings. The average Bonchev–Trinajstić information content (AvgIpc) is 3.01. The van der Waals surface area contributed by atoms with Crippen LogP contribution in [0.15, 0.2) is 23.2 Å². The average molecular weight is 479 g/mol. The zero-order valence-electron chi connectivity index (χ0n) is 15.7. The zero-order chi connectivity index (χ0) is 18.2. The largest absolute Gasteiger partial charge is 0.377 e. The van der Waals surface area contributed by atoms with Gasteiger partial charge in [0.2, 0.25) is 0 Å². The van der Waals surface area contributed by atoms with Crippen molar-refractivity contribution in [1.29, 1.82) is 0 Å². The van der Waals surface area contributed by atoms with Crippen molar-refractivity contribution in [3.63, 3.8) is 0 Å². The molecular weight excluding hydrogens is 451 g/mol. The van der Waals surface area contributed by atoms with Gasteiger partial charge < -0.3 is 15.4 Å². The zero-order valence-corrected chi connectivity index (χ0v) is 18.0. The van der Waals surface area contributed by atoms with Gasteiger partial charge in [0, 0.05) is 49.6 Å². The van der Waals surface area contributed by atoms with Crippen LogP contribution in [0.3, 0.4) is 0 Å². The molecule has 7 heteroatoms. The first-order valence-corrected chi connectivity index (χ1v) is 8.88. The lowest BCUT2D eigenvalue weighted by molar-refractivity contribution is -0.106. The summed E-state index contributed by atoms with van der Waals surface area (Å²) in [4.78, 5) is 4.29. The molecule has 146 valence electrons. The highest BCUT2D eigenvalue weighted by atomic mass is 127. The molecule has 0 aromatic heterocycles. The number of fused-ring (bicyclic) bond motifs is 1. The molecule has 3 rings (SSSR count). The van der Waals surface area contributed by atoms with E-state index < -0.39 is 11.6 Å². The van der Waals surface area contributed by atoms with Crippen LogP contribution in [0.25, 0.3) is 0 Å². The van der Waals surface area contributed by atoms with Crippen molar-refractivity contribution in [3.8, 4) is 0 Å². The van der Waals surface area contributed by atoms with Crippen molar-refractivity contribution in [1.82, 2.24) is 10.6 Å². The molecule has 2 N–H and O–H groups in total. The van der Waals surface area contributed by atoms with Gasteiger partial charge >= 0.3 is 0 Å². The Morgan fingerprint density at radius 3 is 2.77 bits per heavy atom. The fourth-order valence-corrected chi connectivity index (χ4v) is 4.22. The molecule has 0 amide bonds. The number of halogens is 3. The summed E-state index contributed by atoms with van der Waals surface area (Å²) in [7, 11) is 1.73. The van der Waals surface area contributed by atoms with E-state index in [-0.39, 0.29) is 35.3 Å². The maximum Gasteiger partial charge on any atom is 0.191 e. The summed E-state index contributed by atoms with van der Waals surface area (Å²) in [5, 5.41) is 6.76. The summed E-state index contributed by atoms with van der Waals surface area (Å²) in [6.45, 7) is 7.66. The minimum atomic E-state index is -0.556. The van der Waals surface area contributed by atoms with Crippen LogP contribution >= 0.6 is 24.0 Å². The van der Waals surface area contributed by atoms with Crippen LogP contribution in [0.5, 0.6) is 0 Å². The van der Waals surface area contributed by atoms with Crippen molar-refractivity contribution >= 4 is 29.9 Å². The first-order chi connectivity index (χ1) is 11.8. The van der Waals surface area contributed by atoms with E-state index in [1.54, 1.807) is 7.05 Å². The molecule has 4 unspecified atom stereocenters. The molecule has 0 spiro atoms. The van der Waals surface area contributed by atoms with Crippen LogP contribution in [0.1, 0.15) is 38.7 Å². The fraction of sp³-hybridized carbons (Fsp3) is 0.632. The number of guanidine groups is 1. The van der Waals surface area contributed by atoms with E-state index in [2.05, 4.69) is 29.5 Å². The van der Waals surface area contributed by atoms with Crippen LogP contribution in [0.2, 0.25) is 0 Å². The third-order valence-corrected chi connectivity index (χ3v) is 5.69. The van der Waals surface area contributed by atoms with Crippen molar-refractivity contribution in [2.24, 2.45) is 16.3 Å². The van der Waals surface area contributed by atoms with E-state index in [0.717, 1.165) is 19.1 Å². The number of nitrogens with one attached hydrogen (secondary N) is 2. The monoisotopic (exact) mass is 479 g/mol. The number of hydrogen-bond donors (Lipinski definition) is 2. The normalized spacial score (nSPS) is 27.8. The Morgan fingerprint density at radius 1 is 1.38 bits per heavy atom. The number of benzene rings is 1. The highest BCUT2D eigenvalue weighted by Gasteiger charge is 2.59. The summed E-state index contributed by atoms with van der Waals surface area (Å²) >= 11 is 0. The Kier molecular flexibility index (Phi) is 6.87. The van der Waals surface area contributed by atoms with E-state index >= 15 is 0 Å². The first-order valence-electron chi connectivity index (χ1n) is 8.88. The van der Waals surface area contributed by atoms with Gasteiger partial charge in [0.05, 0.1) is 6.10 Å². The van der Waals surface area contributed by atoms with Gasteiger partial charge in [0.15, 0.2) is 5.96 Å². The highest BCUT2D eigenvalue weighted by Crippen LogP contribution is 2.52. The van der Waals surface area contributed by atoms with E-state index in [1.165, 1.54) is 12.1 Å². The Bertz CT molecular complexity index is 668. The summed E-state index contributed by atoms with van der Waals surface area (Å²) in [5.41, 5.74) is 0.561. The summed E-state index contributed by atoms with van der Waals surface area (Å²) in [6.07, 6.45) is 1.38. The van der Waals surface area contributed by atoms with E-state index in [4.69, 9.17) is 4.74 Å². The van der Waals surface area contributed by atoms with Gasteiger partial charge in [-0.1, -0.05) is 26.8 Å². The predicted octanol–water partition coefficient (Wildman–Crippen LogP) is 3.66. The third kappa shape index (κ3) is 3.98. The minimum Gasteiger partial charge on any atom is -0.377 e. The number of rotatable bonds is 4. The van der Waals surface area contributed by atoms with Crippen molar-refractivity contribution in [2.45, 2.75) is 45.3 Å². The lowest BCUT2D eigenvalue weighted by atomic mass is 9.57. The second-order valence-corrected chi connectivity index (χ2v) is 7.71. The van der Waals surface area contributed by atoms with E-state index in [1.807, 2.05) is 6.92 Å². The molecule has 1 heterocycles. The molecule has 2 aliphatic rings. The van der Waals surface area contributed by atoms with Gasteiger partial charge in [-0.25, -0.2) is 8.78 Å². The number of hydrogen-bond acceptors (Lipinski definition) is 2. The first kappa shape index (κ1) is 21.3. The van der Waals surface area contributed by atoms with Crippen LogP contribution in [-0.4, -0.2) is 38.3 Å². The highest BCUT2D eigenvalue weighted by molar-refractivity contribution is 14.0. The van der Waals surface area contributed by atoms with E-state index in [0.29, 0.717) is 36.1 Å². The van der Waals surface area contributed by atoms with Gasteiger partial charge in [-0.2, -0.15) is 0 Å². The Morgan fingerprint density at radius 2 is 2.12 bits per heavy atom. The molecule has 1 saturated heterocycles. The SMILES string of the molecule is CN=C(NCC(C)c1ccc(F)cc1F)NC1C2CCOC2C1(C)C.I. The lowest BCUT2D eigenvalue weighted by Crippen LogP contribution is -2.68. The Labute approximate surface area is 171 Å². The second kappa shape index (κ2) is 8.37. The van der Waals surface area contributed by atoms with Crippen LogP contribution < -0.4 is 10.6 Å². The smallest absolute Gasteiger partial charge is 0.191 e. The lowest BCUT2D eigenvalue weighted by Gasteiger charge is -2.54. The van der Waals surface area contributed by atoms with Crippen LogP contribution in [-0.2, 0) is 4.74 Å². The molecule has 1 aliphatic carbocycles. The predicted molar refractivity (Wildman–Crippen MR) is 110 cm³/mol. The standard InChI is InChI=1S/C19H27F2N3O.HI/c1-11(13-6-5-12(20)9-15(13)21)10-23-18(22-4)24-16-14-7-8-25-17(14)19(16,2)3;/h5-6,9,11,14,16-17H,7-8,10H2,1-4H3,(H2,22,23,24);1H. The van der Waals surface area contributed by atoms with Crippen molar-refractivity contribution in [2.75, 3.05) is 20.2 Å². The number of aliphatic imine (C=N–C) groups is 1. The molecule has 26 heavy (non-hydrogen) atoms. The summed E-state index contributed by atoms with van der Waals surface area (Å²) < 4.78 is 32.8. The molecule has 1 saturated carbocycles. The second-order valence-electron chi connectivity index (χ2n) is 7.71. The Hall–Kier alpha value is -0.960. The summed E-state index contributed by atoms with van der Waals surface area (Å²) in [5.74, 6) is 0.0529. The Balaban J connectivity index is 0.00000243. The number of nitrogens with zero attached hydrogens (tertiary/aromatic N) is 1. The molecule has 4 atom stereocenters. The van der Waals surface area contributed by atoms with Crippen LogP contribution in [0, 0.1) is 23.0 Å². The van der Waals surface area contributed by atoms with Gasteiger partial charge in [-0.05, 0) is 18.1 Å².